The van der Waals surface area contributed by atoms with Crippen LogP contribution >= 0.6 is 22.6 Å². The van der Waals surface area contributed by atoms with Crippen molar-refractivity contribution in [3.05, 3.63) is 63.7 Å². The van der Waals surface area contributed by atoms with E-state index in [1.807, 2.05) is 59.5 Å². The molecule has 0 spiro atoms. The summed E-state index contributed by atoms with van der Waals surface area (Å²) in [4.78, 5) is 16.8. The van der Waals surface area contributed by atoms with Crippen molar-refractivity contribution in [2.45, 2.75) is 0 Å². The molecule has 5 rings (SSSR count). The van der Waals surface area contributed by atoms with Gasteiger partial charge in [0.15, 0.2) is 17.3 Å². The Kier molecular flexibility index (Phi) is 5.16. The van der Waals surface area contributed by atoms with Gasteiger partial charge in [-0.15, -0.1) is 10.2 Å². The van der Waals surface area contributed by atoms with E-state index in [2.05, 4.69) is 37.7 Å². The van der Waals surface area contributed by atoms with Crippen molar-refractivity contribution in [3.63, 3.8) is 0 Å². The lowest BCUT2D eigenvalue weighted by molar-refractivity contribution is 0.0746. The molecule has 3 heterocycles. The molecule has 1 fully saturated rings. The lowest BCUT2D eigenvalue weighted by atomic mass is 10.1. The molecular formula is C22H19IN4O3. The fourth-order valence-electron chi connectivity index (χ4n) is 3.62. The quantitative estimate of drug-likeness (QED) is 0.500. The average Bonchev–Trinajstić information content (AvgIpc) is 3.27. The highest BCUT2D eigenvalue weighted by atomic mass is 127. The van der Waals surface area contributed by atoms with Crippen molar-refractivity contribution < 1.29 is 14.3 Å². The third-order valence-corrected chi connectivity index (χ3v) is 6.02. The molecule has 8 heteroatoms. The number of rotatable bonds is 3. The Hall–Kier alpha value is -2.88. The molecule has 0 unspecified atom stereocenters. The van der Waals surface area contributed by atoms with Crippen LogP contribution in [0, 0.1) is 3.57 Å². The number of carbonyl (C=O) groups excluding carboxylic acids is 1. The summed E-state index contributed by atoms with van der Waals surface area (Å²) in [6.45, 7) is 3.04. The zero-order valence-electron chi connectivity index (χ0n) is 16.1. The van der Waals surface area contributed by atoms with Crippen molar-refractivity contribution in [1.29, 1.82) is 0 Å². The Labute approximate surface area is 187 Å². The summed E-state index contributed by atoms with van der Waals surface area (Å²) in [5.74, 6) is 2.38. The molecule has 3 aromatic rings. The Bertz CT molecular complexity index is 1060. The zero-order chi connectivity index (χ0) is 20.5. The number of nitrogens with zero attached hydrogens (tertiary/aromatic N) is 4. The van der Waals surface area contributed by atoms with Gasteiger partial charge in [0, 0.05) is 40.9 Å². The Morgan fingerprint density at radius 3 is 2.37 bits per heavy atom. The topological polar surface area (TPSA) is 67.8 Å². The number of fused-ring (bicyclic) bond motifs is 1. The second-order valence-electron chi connectivity index (χ2n) is 7.13. The van der Waals surface area contributed by atoms with Crippen LogP contribution in [0.5, 0.6) is 11.5 Å². The molecule has 2 aliphatic rings. The molecule has 2 aromatic carbocycles. The third-order valence-electron chi connectivity index (χ3n) is 5.30. The van der Waals surface area contributed by atoms with Crippen LogP contribution in [0.15, 0.2) is 54.6 Å². The van der Waals surface area contributed by atoms with E-state index in [9.17, 15) is 4.79 Å². The lowest BCUT2D eigenvalue weighted by Gasteiger charge is -2.35. The Morgan fingerprint density at radius 1 is 0.867 bits per heavy atom. The van der Waals surface area contributed by atoms with Gasteiger partial charge in [0.2, 0.25) is 6.79 Å². The molecule has 1 saturated heterocycles. The number of hydrogen-bond donors (Lipinski definition) is 0. The predicted octanol–water partition coefficient (Wildman–Crippen LogP) is 3.44. The molecule has 152 valence electrons. The Morgan fingerprint density at radius 2 is 1.63 bits per heavy atom. The fraction of sp³-hybridized carbons (Fsp3) is 0.227. The first-order valence-electron chi connectivity index (χ1n) is 9.71. The fourth-order valence-corrected chi connectivity index (χ4v) is 3.98. The molecule has 1 amide bonds. The second kappa shape index (κ2) is 8.10. The number of aromatic nitrogens is 2. The van der Waals surface area contributed by atoms with Crippen LogP contribution < -0.4 is 14.4 Å². The summed E-state index contributed by atoms with van der Waals surface area (Å²) in [5, 5.41) is 8.80. The standard InChI is InChI=1S/C22H19IN4O3/c23-17-4-1-15(2-5-17)22(28)27-11-9-26(10-12-27)21-8-6-18(24-25-21)16-3-7-19-20(13-16)30-14-29-19/h1-8,13H,9-12,14H2. The number of hydrogen-bond acceptors (Lipinski definition) is 6. The van der Waals surface area contributed by atoms with E-state index < -0.39 is 0 Å². The van der Waals surface area contributed by atoms with E-state index >= 15 is 0 Å². The molecule has 0 N–H and O–H groups in total. The number of piperazine rings is 1. The predicted molar refractivity (Wildman–Crippen MR) is 121 cm³/mol. The van der Waals surface area contributed by atoms with Crippen molar-refractivity contribution in [1.82, 2.24) is 15.1 Å². The van der Waals surface area contributed by atoms with Crippen LogP contribution in [-0.4, -0.2) is 54.0 Å². The molecule has 0 saturated carbocycles. The van der Waals surface area contributed by atoms with E-state index in [0.29, 0.717) is 13.1 Å². The Balaban J connectivity index is 1.23. The summed E-state index contributed by atoms with van der Waals surface area (Å²) in [6, 6.07) is 17.4. The maximum atomic E-state index is 12.7. The number of ether oxygens (including phenoxy) is 2. The summed E-state index contributed by atoms with van der Waals surface area (Å²) < 4.78 is 11.9. The van der Waals surface area contributed by atoms with Crippen molar-refractivity contribution in [2.24, 2.45) is 0 Å². The number of halogens is 1. The molecular weight excluding hydrogens is 495 g/mol. The van der Waals surface area contributed by atoms with Crippen LogP contribution in [0.4, 0.5) is 5.82 Å². The minimum atomic E-state index is 0.0790. The number of benzene rings is 2. The lowest BCUT2D eigenvalue weighted by Crippen LogP contribution is -2.49. The molecule has 1 aromatic heterocycles. The van der Waals surface area contributed by atoms with Crippen LogP contribution in [0.2, 0.25) is 0 Å². The van der Waals surface area contributed by atoms with Crippen molar-refractivity contribution in [3.8, 4) is 22.8 Å². The van der Waals surface area contributed by atoms with Crippen LogP contribution in [0.1, 0.15) is 10.4 Å². The largest absolute Gasteiger partial charge is 0.454 e. The molecule has 0 atom stereocenters. The van der Waals surface area contributed by atoms with E-state index in [1.165, 1.54) is 0 Å². The van der Waals surface area contributed by atoms with E-state index in [0.717, 1.165) is 50.8 Å². The van der Waals surface area contributed by atoms with Gasteiger partial charge in [-0.05, 0) is 77.2 Å². The van der Waals surface area contributed by atoms with Gasteiger partial charge >= 0.3 is 0 Å². The maximum absolute atomic E-state index is 12.7. The van der Waals surface area contributed by atoms with E-state index in [-0.39, 0.29) is 12.7 Å². The summed E-state index contributed by atoms with van der Waals surface area (Å²) in [6.07, 6.45) is 0. The first kappa shape index (κ1) is 19.1. The molecule has 0 radical (unpaired) electrons. The summed E-state index contributed by atoms with van der Waals surface area (Å²) in [5.41, 5.74) is 2.45. The van der Waals surface area contributed by atoms with Gasteiger partial charge < -0.3 is 19.3 Å². The smallest absolute Gasteiger partial charge is 0.253 e. The molecule has 0 bridgehead atoms. The highest BCUT2D eigenvalue weighted by molar-refractivity contribution is 14.1. The highest BCUT2D eigenvalue weighted by Crippen LogP contribution is 2.35. The summed E-state index contributed by atoms with van der Waals surface area (Å²) >= 11 is 2.24. The minimum Gasteiger partial charge on any atom is -0.454 e. The van der Waals surface area contributed by atoms with Gasteiger partial charge in [-0.2, -0.15) is 0 Å². The average molecular weight is 514 g/mol. The monoisotopic (exact) mass is 514 g/mol. The first-order chi connectivity index (χ1) is 14.7. The molecule has 30 heavy (non-hydrogen) atoms. The van der Waals surface area contributed by atoms with E-state index in [4.69, 9.17) is 9.47 Å². The SMILES string of the molecule is O=C(c1ccc(I)cc1)N1CCN(c2ccc(-c3ccc4c(c3)OCO4)nn2)CC1. The van der Waals surface area contributed by atoms with Gasteiger partial charge in [0.05, 0.1) is 5.69 Å². The van der Waals surface area contributed by atoms with Crippen molar-refractivity contribution >= 4 is 34.3 Å². The maximum Gasteiger partial charge on any atom is 0.253 e. The number of anilines is 1. The number of carbonyl (C=O) groups is 1. The molecule has 0 aliphatic carbocycles. The van der Waals surface area contributed by atoms with Gasteiger partial charge in [-0.1, -0.05) is 0 Å². The van der Waals surface area contributed by atoms with Crippen LogP contribution in [0.3, 0.4) is 0 Å². The van der Waals surface area contributed by atoms with Crippen LogP contribution in [0.25, 0.3) is 11.3 Å². The summed E-state index contributed by atoms with van der Waals surface area (Å²) in [7, 11) is 0. The van der Waals surface area contributed by atoms with Gasteiger partial charge in [0.25, 0.3) is 5.91 Å². The van der Waals surface area contributed by atoms with Gasteiger partial charge in [-0.25, -0.2) is 0 Å². The zero-order valence-corrected chi connectivity index (χ0v) is 18.3. The number of amides is 1. The normalized spacial score (nSPS) is 15.4. The van der Waals surface area contributed by atoms with Gasteiger partial charge in [0.1, 0.15) is 0 Å². The van der Waals surface area contributed by atoms with E-state index in [1.54, 1.807) is 0 Å². The van der Waals surface area contributed by atoms with Crippen molar-refractivity contribution in [2.75, 3.05) is 37.9 Å². The third kappa shape index (κ3) is 3.79. The highest BCUT2D eigenvalue weighted by Gasteiger charge is 2.23. The first-order valence-corrected chi connectivity index (χ1v) is 10.8. The van der Waals surface area contributed by atoms with Crippen LogP contribution in [-0.2, 0) is 0 Å². The molecule has 7 nitrogen and oxygen atoms in total. The minimum absolute atomic E-state index is 0.0790. The second-order valence-corrected chi connectivity index (χ2v) is 8.38. The van der Waals surface area contributed by atoms with Gasteiger partial charge in [-0.3, -0.25) is 4.79 Å². The molecule has 2 aliphatic heterocycles.